The maximum absolute atomic E-state index is 14.3. The average Bonchev–Trinajstić information content (AvgIpc) is 2.45. The Hall–Kier alpha value is -2.04. The highest BCUT2D eigenvalue weighted by atomic mass is 19.1. The minimum absolute atomic E-state index is 0.0869. The van der Waals surface area contributed by atoms with Crippen molar-refractivity contribution < 1.29 is 8.78 Å². The summed E-state index contributed by atoms with van der Waals surface area (Å²) in [4.78, 5) is 8.61. The molecule has 0 saturated heterocycles. The fraction of sp³-hybridized carbons (Fsp3) is 0.333. The maximum atomic E-state index is 14.3. The van der Waals surface area contributed by atoms with Gasteiger partial charge >= 0.3 is 0 Å². The van der Waals surface area contributed by atoms with Gasteiger partial charge in [-0.05, 0) is 25.5 Å². The molecule has 1 aromatic heterocycles. The third-order valence-electron chi connectivity index (χ3n) is 3.27. The molecule has 0 unspecified atom stereocenters. The molecular weight excluding hydrogens is 260 g/mol. The predicted octanol–water partition coefficient (Wildman–Crippen LogP) is 3.64. The number of hydrogen-bond donors (Lipinski definition) is 1. The van der Waals surface area contributed by atoms with Crippen LogP contribution in [-0.2, 0) is 6.42 Å². The monoisotopic (exact) mass is 277 g/mol. The van der Waals surface area contributed by atoms with Gasteiger partial charge in [-0.3, -0.25) is 0 Å². The Morgan fingerprint density at radius 3 is 2.45 bits per heavy atom. The van der Waals surface area contributed by atoms with Crippen molar-refractivity contribution in [2.45, 2.75) is 27.2 Å². The first-order valence-electron chi connectivity index (χ1n) is 6.49. The molecular formula is C15H17F2N3. The number of anilines is 1. The molecule has 0 aliphatic rings. The van der Waals surface area contributed by atoms with Gasteiger partial charge in [0.25, 0.3) is 0 Å². The molecule has 106 valence electrons. The zero-order valence-corrected chi connectivity index (χ0v) is 12.0. The summed E-state index contributed by atoms with van der Waals surface area (Å²) >= 11 is 0. The minimum atomic E-state index is -0.612. The third-order valence-corrected chi connectivity index (χ3v) is 3.27. The van der Waals surface area contributed by atoms with E-state index in [4.69, 9.17) is 0 Å². The van der Waals surface area contributed by atoms with Crippen molar-refractivity contribution in [2.24, 2.45) is 0 Å². The minimum Gasteiger partial charge on any atom is -0.373 e. The van der Waals surface area contributed by atoms with Crippen LogP contribution in [0.2, 0.25) is 0 Å². The van der Waals surface area contributed by atoms with E-state index in [1.807, 2.05) is 6.92 Å². The van der Waals surface area contributed by atoms with Gasteiger partial charge in [-0.1, -0.05) is 13.0 Å². The summed E-state index contributed by atoms with van der Waals surface area (Å²) in [6, 6.07) is 2.68. The summed E-state index contributed by atoms with van der Waals surface area (Å²) in [5.74, 6) is -0.0441. The zero-order chi connectivity index (χ0) is 14.9. The van der Waals surface area contributed by atoms with E-state index in [0.717, 1.165) is 0 Å². The fourth-order valence-corrected chi connectivity index (χ4v) is 2.08. The van der Waals surface area contributed by atoms with Gasteiger partial charge in [0.05, 0.1) is 11.3 Å². The van der Waals surface area contributed by atoms with Crippen LogP contribution < -0.4 is 5.32 Å². The zero-order valence-electron chi connectivity index (χ0n) is 12.0. The summed E-state index contributed by atoms with van der Waals surface area (Å²) in [6.07, 6.45) is 0.594. The molecule has 0 saturated carbocycles. The highest BCUT2D eigenvalue weighted by Crippen LogP contribution is 2.31. The second kappa shape index (κ2) is 5.53. The smallest absolute Gasteiger partial charge is 0.138 e. The second-order valence-corrected chi connectivity index (χ2v) is 4.62. The lowest BCUT2D eigenvalue weighted by molar-refractivity contribution is 0.582. The molecule has 2 rings (SSSR count). The Labute approximate surface area is 117 Å². The average molecular weight is 277 g/mol. The Morgan fingerprint density at radius 1 is 1.15 bits per heavy atom. The summed E-state index contributed by atoms with van der Waals surface area (Å²) in [6.45, 7) is 5.26. The molecule has 1 heterocycles. The van der Waals surface area contributed by atoms with Crippen molar-refractivity contribution in [1.29, 1.82) is 0 Å². The van der Waals surface area contributed by atoms with Crippen LogP contribution in [0.5, 0.6) is 0 Å². The second-order valence-electron chi connectivity index (χ2n) is 4.62. The molecule has 0 spiro atoms. The van der Waals surface area contributed by atoms with Gasteiger partial charge in [0.2, 0.25) is 0 Å². The Bertz CT molecular complexity index is 654. The topological polar surface area (TPSA) is 37.8 Å². The maximum Gasteiger partial charge on any atom is 0.138 e. The van der Waals surface area contributed by atoms with Gasteiger partial charge in [-0.2, -0.15) is 0 Å². The van der Waals surface area contributed by atoms with Gasteiger partial charge in [-0.15, -0.1) is 0 Å². The SMILES string of the molecule is CCc1nc(NC)c(C)c(-c2c(F)ccc(C)c2F)n1. The lowest BCUT2D eigenvalue weighted by Gasteiger charge is -2.13. The molecule has 0 aliphatic heterocycles. The molecule has 0 aliphatic carbocycles. The molecule has 5 heteroatoms. The molecule has 0 fully saturated rings. The van der Waals surface area contributed by atoms with E-state index in [9.17, 15) is 8.78 Å². The standard InChI is InChI=1S/C15H17F2N3/c1-5-11-19-14(9(3)15(18-4)20-11)12-10(16)7-6-8(2)13(12)17/h6-7H,5H2,1-4H3,(H,18,19,20). The molecule has 1 aromatic carbocycles. The number of benzene rings is 1. The molecule has 0 radical (unpaired) electrons. The lowest BCUT2D eigenvalue weighted by atomic mass is 10.0. The van der Waals surface area contributed by atoms with Gasteiger partial charge in [0.15, 0.2) is 0 Å². The quantitative estimate of drug-likeness (QED) is 0.930. The number of halogens is 2. The largest absolute Gasteiger partial charge is 0.373 e. The van der Waals surface area contributed by atoms with Crippen LogP contribution in [0, 0.1) is 25.5 Å². The van der Waals surface area contributed by atoms with Crippen molar-refractivity contribution in [2.75, 3.05) is 12.4 Å². The Kier molecular flexibility index (Phi) is 3.97. The van der Waals surface area contributed by atoms with Gasteiger partial charge < -0.3 is 5.32 Å². The van der Waals surface area contributed by atoms with Gasteiger partial charge in [-0.25, -0.2) is 18.7 Å². The summed E-state index contributed by atoms with van der Waals surface area (Å²) in [5, 5.41) is 2.94. The van der Waals surface area contributed by atoms with Crippen molar-refractivity contribution in [3.63, 3.8) is 0 Å². The number of aromatic nitrogens is 2. The van der Waals surface area contributed by atoms with E-state index in [-0.39, 0.29) is 5.56 Å². The summed E-state index contributed by atoms with van der Waals surface area (Å²) in [7, 11) is 1.72. The molecule has 3 nitrogen and oxygen atoms in total. The first kappa shape index (κ1) is 14.4. The van der Waals surface area contributed by atoms with E-state index in [0.29, 0.717) is 34.9 Å². The van der Waals surface area contributed by atoms with Crippen molar-refractivity contribution >= 4 is 5.82 Å². The van der Waals surface area contributed by atoms with Crippen LogP contribution in [0.25, 0.3) is 11.3 Å². The predicted molar refractivity (Wildman–Crippen MR) is 75.8 cm³/mol. The van der Waals surface area contributed by atoms with Crippen LogP contribution in [0.3, 0.4) is 0 Å². The van der Waals surface area contributed by atoms with Gasteiger partial charge in [0.1, 0.15) is 23.3 Å². The fourth-order valence-electron chi connectivity index (χ4n) is 2.08. The van der Waals surface area contributed by atoms with Gasteiger partial charge in [0, 0.05) is 19.0 Å². The highest BCUT2D eigenvalue weighted by Gasteiger charge is 2.19. The first-order valence-corrected chi connectivity index (χ1v) is 6.49. The summed E-state index contributed by atoms with van der Waals surface area (Å²) < 4.78 is 28.3. The molecule has 1 N–H and O–H groups in total. The van der Waals surface area contributed by atoms with Crippen LogP contribution in [0.1, 0.15) is 23.9 Å². The van der Waals surface area contributed by atoms with Crippen LogP contribution in [0.4, 0.5) is 14.6 Å². The van der Waals surface area contributed by atoms with Crippen molar-refractivity contribution in [3.05, 3.63) is 40.7 Å². The number of rotatable bonds is 3. The van der Waals surface area contributed by atoms with Crippen LogP contribution >= 0.6 is 0 Å². The molecule has 2 aromatic rings. The molecule has 20 heavy (non-hydrogen) atoms. The Morgan fingerprint density at radius 2 is 1.85 bits per heavy atom. The van der Waals surface area contributed by atoms with E-state index in [1.165, 1.54) is 12.1 Å². The number of aryl methyl sites for hydroxylation is 2. The number of nitrogens with one attached hydrogen (secondary N) is 1. The molecule has 0 amide bonds. The normalized spacial score (nSPS) is 10.7. The molecule has 0 bridgehead atoms. The van der Waals surface area contributed by atoms with Crippen molar-refractivity contribution in [1.82, 2.24) is 9.97 Å². The van der Waals surface area contributed by atoms with E-state index >= 15 is 0 Å². The van der Waals surface area contributed by atoms with Crippen LogP contribution in [0.15, 0.2) is 12.1 Å². The lowest BCUT2D eigenvalue weighted by Crippen LogP contribution is -2.06. The Balaban J connectivity index is 2.79. The first-order chi connectivity index (χ1) is 9.49. The highest BCUT2D eigenvalue weighted by molar-refractivity contribution is 5.69. The molecule has 0 atom stereocenters. The third kappa shape index (κ3) is 2.35. The van der Waals surface area contributed by atoms with E-state index < -0.39 is 11.6 Å². The van der Waals surface area contributed by atoms with E-state index in [2.05, 4.69) is 15.3 Å². The van der Waals surface area contributed by atoms with Crippen LogP contribution in [-0.4, -0.2) is 17.0 Å². The number of hydrogen-bond acceptors (Lipinski definition) is 3. The summed E-state index contributed by atoms with van der Waals surface area (Å²) in [5.41, 5.74) is 1.24. The van der Waals surface area contributed by atoms with E-state index in [1.54, 1.807) is 20.9 Å². The number of nitrogens with zero attached hydrogens (tertiary/aromatic N) is 2. The van der Waals surface area contributed by atoms with Crippen molar-refractivity contribution in [3.8, 4) is 11.3 Å².